The number of aryl methyl sites for hydroxylation is 1. The van der Waals surface area contributed by atoms with Crippen LogP contribution in [-0.2, 0) is 11.2 Å². The number of ether oxygens (including phenoxy) is 3. The average Bonchev–Trinajstić information content (AvgIpc) is 2.95. The molecule has 0 amide bonds. The summed E-state index contributed by atoms with van der Waals surface area (Å²) < 4.78 is 45.8. The Morgan fingerprint density at radius 2 is 1.60 bits per heavy atom. The molecule has 0 radical (unpaired) electrons. The summed E-state index contributed by atoms with van der Waals surface area (Å²) in [5.74, 6) is 0.755. The zero-order valence-corrected chi connectivity index (χ0v) is 30.3. The highest BCUT2D eigenvalue weighted by Gasteiger charge is 2.51. The van der Waals surface area contributed by atoms with Crippen LogP contribution >= 0.6 is 0 Å². The van der Waals surface area contributed by atoms with Gasteiger partial charge in [-0.15, -0.1) is 0 Å². The molecule has 0 aromatic heterocycles. The van der Waals surface area contributed by atoms with Crippen LogP contribution in [0, 0.1) is 22.7 Å². The van der Waals surface area contributed by atoms with Gasteiger partial charge in [0.25, 0.3) is 11.9 Å². The fraction of sp³-hybridized carbons (Fsp3) is 0.684. The van der Waals surface area contributed by atoms with Crippen LogP contribution in [0.15, 0.2) is 54.7 Å². The second-order valence-corrected chi connectivity index (χ2v) is 12.9. The van der Waals surface area contributed by atoms with Gasteiger partial charge in [-0.2, -0.15) is 0 Å². The maximum Gasteiger partial charge on any atom is 0.285 e. The molecule has 0 saturated heterocycles. The molecule has 0 N–H and O–H groups in total. The third kappa shape index (κ3) is 14.8. The van der Waals surface area contributed by atoms with Crippen LogP contribution in [0.2, 0.25) is 0 Å². The summed E-state index contributed by atoms with van der Waals surface area (Å²) in [6.45, 7) is 33.3. The van der Waals surface area contributed by atoms with E-state index in [0.717, 1.165) is 36.3 Å². The van der Waals surface area contributed by atoms with Crippen LogP contribution in [0.25, 0.3) is 0 Å². The van der Waals surface area contributed by atoms with Crippen LogP contribution in [0.4, 0.5) is 8.78 Å². The van der Waals surface area contributed by atoms with Crippen molar-refractivity contribution in [3.05, 3.63) is 60.3 Å². The molecule has 250 valence electrons. The van der Waals surface area contributed by atoms with E-state index in [9.17, 15) is 8.78 Å². The average molecular weight is 609 g/mol. The third-order valence-electron chi connectivity index (χ3n) is 7.77. The Morgan fingerprint density at radius 1 is 1.02 bits per heavy atom. The maximum atomic E-state index is 14.4. The molecule has 0 bridgehead atoms. The second-order valence-electron chi connectivity index (χ2n) is 12.9. The van der Waals surface area contributed by atoms with Gasteiger partial charge in [-0.3, -0.25) is 0 Å². The Labute approximate surface area is 265 Å². The van der Waals surface area contributed by atoms with Gasteiger partial charge >= 0.3 is 0 Å². The first-order valence-corrected chi connectivity index (χ1v) is 16.3. The van der Waals surface area contributed by atoms with Gasteiger partial charge in [0.1, 0.15) is 17.3 Å². The number of benzene rings is 1. The van der Waals surface area contributed by atoms with Crippen molar-refractivity contribution in [2.45, 2.75) is 141 Å². The maximum absolute atomic E-state index is 14.4. The van der Waals surface area contributed by atoms with Crippen LogP contribution < -0.4 is 9.47 Å². The van der Waals surface area contributed by atoms with Gasteiger partial charge in [0.15, 0.2) is 0 Å². The Balaban J connectivity index is 0. The molecule has 5 heteroatoms. The minimum Gasteiger partial charge on any atom is -0.496 e. The number of alkyl halides is 2. The zero-order chi connectivity index (χ0) is 34.0. The molecule has 1 rings (SSSR count). The van der Waals surface area contributed by atoms with Gasteiger partial charge in [0, 0.05) is 17.4 Å². The first kappa shape index (κ1) is 42.8. The van der Waals surface area contributed by atoms with Crippen molar-refractivity contribution in [3.8, 4) is 11.5 Å². The zero-order valence-electron chi connectivity index (χ0n) is 30.3. The molecule has 2 unspecified atom stereocenters. The fourth-order valence-corrected chi connectivity index (χ4v) is 5.44. The summed E-state index contributed by atoms with van der Waals surface area (Å²) in [4.78, 5) is 0. The first-order chi connectivity index (χ1) is 19.9. The van der Waals surface area contributed by atoms with Gasteiger partial charge in [-0.1, -0.05) is 108 Å². The summed E-state index contributed by atoms with van der Waals surface area (Å²) in [5.41, 5.74) is 0.0577. The highest BCUT2D eigenvalue weighted by Crippen LogP contribution is 2.51. The van der Waals surface area contributed by atoms with Crippen molar-refractivity contribution >= 4 is 0 Å². The van der Waals surface area contributed by atoms with E-state index in [2.05, 4.69) is 61.6 Å². The van der Waals surface area contributed by atoms with E-state index in [0.29, 0.717) is 36.4 Å². The van der Waals surface area contributed by atoms with E-state index in [1.54, 1.807) is 20.1 Å². The number of unbranched alkanes of at least 4 members (excludes halogenated alkanes) is 1. The predicted octanol–water partition coefficient (Wildman–Crippen LogP) is 13.0. The van der Waals surface area contributed by atoms with Crippen LogP contribution in [-0.4, -0.2) is 13.0 Å². The molecule has 1 aromatic carbocycles. The van der Waals surface area contributed by atoms with Gasteiger partial charge < -0.3 is 14.2 Å². The topological polar surface area (TPSA) is 27.7 Å². The van der Waals surface area contributed by atoms with E-state index in [4.69, 9.17) is 14.2 Å². The number of hydrogen-bond donors (Lipinski definition) is 0. The van der Waals surface area contributed by atoms with Crippen LogP contribution in [0.3, 0.4) is 0 Å². The first-order valence-electron chi connectivity index (χ1n) is 16.3. The summed E-state index contributed by atoms with van der Waals surface area (Å²) in [6, 6.07) is 5.83. The Bertz CT molecular complexity index is 977. The van der Waals surface area contributed by atoms with Crippen molar-refractivity contribution in [1.82, 2.24) is 0 Å². The van der Waals surface area contributed by atoms with E-state index >= 15 is 0 Å². The molecule has 0 aliphatic rings. The molecule has 3 nitrogen and oxygen atoms in total. The summed E-state index contributed by atoms with van der Waals surface area (Å²) >= 11 is 0. The normalized spacial score (nSPS) is 13.9. The predicted molar refractivity (Wildman–Crippen MR) is 183 cm³/mol. The highest BCUT2D eigenvalue weighted by atomic mass is 19.3. The Morgan fingerprint density at radius 3 is 2.02 bits per heavy atom. The van der Waals surface area contributed by atoms with Crippen LogP contribution in [0.5, 0.6) is 11.5 Å². The lowest BCUT2D eigenvalue weighted by Crippen LogP contribution is -2.42. The van der Waals surface area contributed by atoms with Crippen molar-refractivity contribution in [3.63, 3.8) is 0 Å². The minimum absolute atomic E-state index is 0.0211. The molecule has 1 aromatic rings. The van der Waals surface area contributed by atoms with E-state index in [-0.39, 0.29) is 11.0 Å². The smallest absolute Gasteiger partial charge is 0.285 e. The molecule has 0 saturated carbocycles. The lowest BCUT2D eigenvalue weighted by atomic mass is 9.65. The van der Waals surface area contributed by atoms with Crippen molar-refractivity contribution in [2.75, 3.05) is 7.11 Å². The monoisotopic (exact) mass is 608 g/mol. The van der Waals surface area contributed by atoms with E-state index < -0.39 is 11.3 Å². The molecule has 43 heavy (non-hydrogen) atoms. The Hall–Kier alpha value is -2.30. The van der Waals surface area contributed by atoms with Gasteiger partial charge in [-0.25, -0.2) is 8.78 Å². The number of allylic oxidation sites excluding steroid dienone is 3. The third-order valence-corrected chi connectivity index (χ3v) is 7.77. The van der Waals surface area contributed by atoms with Crippen molar-refractivity contribution < 1.29 is 23.0 Å². The molecule has 0 aliphatic carbocycles. The van der Waals surface area contributed by atoms with Gasteiger partial charge in [-0.05, 0) is 80.6 Å². The number of hydrogen-bond acceptors (Lipinski definition) is 3. The second kappa shape index (κ2) is 20.6. The minimum atomic E-state index is -2.80. The SMILES string of the molecule is C=C(C)C(F)(F)C(C)(CC)CC(C)(C)CC(C)C.C=C(O/C(=C\C)Oc1ccc(CC)c(OC)c1)C(C)CCCC.CC. The van der Waals surface area contributed by atoms with E-state index in [1.165, 1.54) is 19.8 Å². The lowest BCUT2D eigenvalue weighted by Gasteiger charge is -2.43. The highest BCUT2D eigenvalue weighted by molar-refractivity contribution is 5.41. The van der Waals surface area contributed by atoms with Crippen molar-refractivity contribution in [1.29, 1.82) is 0 Å². The quantitative estimate of drug-likeness (QED) is 0.130. The number of rotatable bonds is 17. The molecule has 0 heterocycles. The molecular weight excluding hydrogens is 542 g/mol. The van der Waals surface area contributed by atoms with Crippen molar-refractivity contribution in [2.24, 2.45) is 22.7 Å². The molecule has 0 aliphatic heterocycles. The summed E-state index contributed by atoms with van der Waals surface area (Å²) in [7, 11) is 1.67. The Kier molecular flexibility index (Phi) is 20.5. The standard InChI is InChI=1S/C20H30O3.C16H30F2.C2H6/c1-7-10-11-15(4)16(5)22-20(9-3)23-18-13-12-17(8-2)19(14-18)21-6;1-9-15(8,16(17,18)13(4)5)11-14(6,7)10-12(2)3;1-2/h9,12-15H,5,7-8,10-11H2,1-4,6H3;12H,4,9-11H2,1-3,5-8H3;1-2H3/b20-9+;;. The lowest BCUT2D eigenvalue weighted by molar-refractivity contribution is -0.104. The molecule has 0 fully saturated rings. The fourth-order valence-electron chi connectivity index (χ4n) is 5.44. The number of methoxy groups -OCH3 is 1. The van der Waals surface area contributed by atoms with E-state index in [1.807, 2.05) is 45.9 Å². The summed E-state index contributed by atoms with van der Waals surface area (Å²) in [5, 5.41) is 0. The molecule has 0 spiro atoms. The van der Waals surface area contributed by atoms with Gasteiger partial charge in [0.2, 0.25) is 0 Å². The van der Waals surface area contributed by atoms with Crippen LogP contribution in [0.1, 0.15) is 134 Å². The molecular formula is C38H66F2O3. The molecule has 2 atom stereocenters. The summed E-state index contributed by atoms with van der Waals surface area (Å²) in [6.07, 6.45) is 8.10. The number of halogens is 2. The largest absolute Gasteiger partial charge is 0.496 e. The van der Waals surface area contributed by atoms with Gasteiger partial charge in [0.05, 0.1) is 7.11 Å².